The molecule has 0 atom stereocenters. The van der Waals surface area contributed by atoms with Gasteiger partial charge in [-0.1, -0.05) is 11.8 Å². The molecule has 0 unspecified atom stereocenters. The molecule has 0 aliphatic carbocycles. The first-order valence-corrected chi connectivity index (χ1v) is 2.58. The van der Waals surface area contributed by atoms with E-state index in [9.17, 15) is 0 Å². The summed E-state index contributed by atoms with van der Waals surface area (Å²) in [4.78, 5) is 0. The van der Waals surface area contributed by atoms with E-state index in [0.717, 1.165) is 0 Å². The smallest absolute Gasteiger partial charge is 0.00168 e. The van der Waals surface area contributed by atoms with Crippen molar-refractivity contribution in [2.45, 2.75) is 13.8 Å². The van der Waals surface area contributed by atoms with Crippen LogP contribution in [0.4, 0.5) is 0 Å². The van der Waals surface area contributed by atoms with Gasteiger partial charge in [0.1, 0.15) is 0 Å². The van der Waals surface area contributed by atoms with Crippen molar-refractivity contribution in [2.24, 2.45) is 0 Å². The maximum absolute atomic E-state index is 4.72. The zero-order valence-electron chi connectivity index (χ0n) is 6.15. The van der Waals surface area contributed by atoms with Crippen LogP contribution in [0.3, 0.4) is 0 Å². The van der Waals surface area contributed by atoms with Crippen molar-refractivity contribution in [2.75, 3.05) is 0 Å². The standard InChI is InChI=1S/2C5H4/c2*1-3-5-4-2/h2*1H,2H3. The number of hydrogen-bond acceptors (Lipinski definition) is 0. The third-order valence-electron chi connectivity index (χ3n) is 0.394. The van der Waals surface area contributed by atoms with Gasteiger partial charge in [-0.2, -0.15) is 0 Å². The SMILES string of the molecule is C#CC#CC.C#CC#CC. The first-order chi connectivity index (χ1) is 4.83. The van der Waals surface area contributed by atoms with Crippen molar-refractivity contribution >= 4 is 0 Å². The predicted octanol–water partition coefficient (Wildman–Crippen LogP) is 1.29. The highest BCUT2D eigenvalue weighted by atomic mass is 13.4. The van der Waals surface area contributed by atoms with Crippen LogP contribution in [0, 0.1) is 48.4 Å². The van der Waals surface area contributed by atoms with Crippen LogP contribution in [0.25, 0.3) is 0 Å². The van der Waals surface area contributed by atoms with Crippen molar-refractivity contribution in [1.29, 1.82) is 0 Å². The minimum Gasteiger partial charge on any atom is -0.106 e. The van der Waals surface area contributed by atoms with Gasteiger partial charge in [-0.05, 0) is 37.5 Å². The molecular weight excluding hydrogens is 120 g/mol. The second-order valence-electron chi connectivity index (χ2n) is 1.04. The van der Waals surface area contributed by atoms with Gasteiger partial charge in [0.25, 0.3) is 0 Å². The van der Waals surface area contributed by atoms with E-state index in [2.05, 4.69) is 35.5 Å². The summed E-state index contributed by atoms with van der Waals surface area (Å²) in [6.45, 7) is 3.42. The molecule has 0 N–H and O–H groups in total. The fourth-order valence-electron chi connectivity index (χ4n) is 0.144. The number of terminal acetylenes is 2. The van der Waals surface area contributed by atoms with Crippen LogP contribution in [0.5, 0.6) is 0 Å². The Morgan fingerprint density at radius 3 is 1.10 bits per heavy atom. The van der Waals surface area contributed by atoms with E-state index in [1.54, 1.807) is 13.8 Å². The highest BCUT2D eigenvalue weighted by Gasteiger charge is 1.35. The molecule has 0 aliphatic rings. The van der Waals surface area contributed by atoms with Crippen molar-refractivity contribution in [3.8, 4) is 48.4 Å². The van der Waals surface area contributed by atoms with Gasteiger partial charge in [0.05, 0.1) is 0 Å². The van der Waals surface area contributed by atoms with Gasteiger partial charge in [-0.15, -0.1) is 12.8 Å². The summed E-state index contributed by atoms with van der Waals surface area (Å²) < 4.78 is 0. The Kier molecular flexibility index (Phi) is 17.4. The molecular formula is C10H8. The monoisotopic (exact) mass is 128 g/mol. The summed E-state index contributed by atoms with van der Waals surface area (Å²) in [5.74, 6) is 14.2. The molecule has 0 aromatic carbocycles. The summed E-state index contributed by atoms with van der Waals surface area (Å²) in [7, 11) is 0. The lowest BCUT2D eigenvalue weighted by molar-refractivity contribution is 1.92. The normalized spacial score (nSPS) is 3.20. The van der Waals surface area contributed by atoms with Crippen molar-refractivity contribution in [1.82, 2.24) is 0 Å². The molecule has 10 heavy (non-hydrogen) atoms. The van der Waals surface area contributed by atoms with E-state index in [1.807, 2.05) is 0 Å². The van der Waals surface area contributed by atoms with Gasteiger partial charge in [-0.25, -0.2) is 0 Å². The average molecular weight is 128 g/mol. The molecule has 0 heterocycles. The van der Waals surface area contributed by atoms with Crippen LogP contribution in [-0.2, 0) is 0 Å². The lowest BCUT2D eigenvalue weighted by Gasteiger charge is -1.42. The Balaban J connectivity index is 0. The van der Waals surface area contributed by atoms with Crippen LogP contribution >= 0.6 is 0 Å². The van der Waals surface area contributed by atoms with Crippen molar-refractivity contribution in [3.63, 3.8) is 0 Å². The Labute approximate surface area is 63.0 Å². The van der Waals surface area contributed by atoms with Crippen molar-refractivity contribution in [3.05, 3.63) is 0 Å². The van der Waals surface area contributed by atoms with Crippen LogP contribution in [0.2, 0.25) is 0 Å². The Morgan fingerprint density at radius 1 is 0.800 bits per heavy atom. The summed E-state index contributed by atoms with van der Waals surface area (Å²) in [6.07, 6.45) is 9.43. The molecule has 0 amide bonds. The van der Waals surface area contributed by atoms with Crippen LogP contribution in [-0.4, -0.2) is 0 Å². The molecule has 48 valence electrons. The minimum atomic E-state index is 1.71. The third kappa shape index (κ3) is 34.1. The zero-order chi connectivity index (χ0) is 8.24. The molecule has 0 aliphatic heterocycles. The fourth-order valence-corrected chi connectivity index (χ4v) is 0.144. The lowest BCUT2D eigenvalue weighted by Crippen LogP contribution is -1.36. The van der Waals surface area contributed by atoms with Gasteiger partial charge >= 0.3 is 0 Å². The average Bonchev–Trinajstić information content (AvgIpc) is 1.93. The van der Waals surface area contributed by atoms with Gasteiger partial charge < -0.3 is 0 Å². The highest BCUT2D eigenvalue weighted by Crippen LogP contribution is 1.41. The van der Waals surface area contributed by atoms with Gasteiger partial charge in [0, 0.05) is 0 Å². The fraction of sp³-hybridized carbons (Fsp3) is 0.200. The van der Waals surface area contributed by atoms with Crippen LogP contribution in [0.1, 0.15) is 13.8 Å². The van der Waals surface area contributed by atoms with E-state index in [-0.39, 0.29) is 0 Å². The predicted molar refractivity (Wildman–Crippen MR) is 44.6 cm³/mol. The maximum Gasteiger partial charge on any atom is -0.00168 e. The Hall–Kier alpha value is -1.76. The molecule has 0 heteroatoms. The topological polar surface area (TPSA) is 0 Å². The lowest BCUT2D eigenvalue weighted by atomic mass is 10.6. The van der Waals surface area contributed by atoms with E-state index >= 15 is 0 Å². The molecule has 0 rings (SSSR count). The van der Waals surface area contributed by atoms with Crippen LogP contribution < -0.4 is 0 Å². The Morgan fingerprint density at radius 2 is 1.10 bits per heavy atom. The number of hydrogen-bond donors (Lipinski definition) is 0. The van der Waals surface area contributed by atoms with E-state index in [0.29, 0.717) is 0 Å². The van der Waals surface area contributed by atoms with E-state index in [1.165, 1.54) is 0 Å². The van der Waals surface area contributed by atoms with E-state index in [4.69, 9.17) is 12.8 Å². The van der Waals surface area contributed by atoms with E-state index < -0.39 is 0 Å². The highest BCUT2D eigenvalue weighted by molar-refractivity contribution is 5.20. The molecule has 0 saturated carbocycles. The first kappa shape index (κ1) is 11.1. The van der Waals surface area contributed by atoms with Gasteiger partial charge in [0.15, 0.2) is 0 Å². The quantitative estimate of drug-likeness (QED) is 0.431. The summed E-state index contributed by atoms with van der Waals surface area (Å²) >= 11 is 0. The second-order valence-corrected chi connectivity index (χ2v) is 1.04. The van der Waals surface area contributed by atoms with Gasteiger partial charge in [0.2, 0.25) is 0 Å². The molecule has 0 fully saturated rings. The first-order valence-electron chi connectivity index (χ1n) is 2.58. The largest absolute Gasteiger partial charge is 0.106 e. The molecule has 0 aromatic rings. The summed E-state index contributed by atoms with van der Waals surface area (Å²) in [5.41, 5.74) is 0. The molecule has 0 spiro atoms. The number of rotatable bonds is 0. The third-order valence-corrected chi connectivity index (χ3v) is 0.394. The molecule has 0 aromatic heterocycles. The van der Waals surface area contributed by atoms with Crippen molar-refractivity contribution < 1.29 is 0 Å². The molecule has 0 saturated heterocycles. The van der Waals surface area contributed by atoms with Crippen LogP contribution in [0.15, 0.2) is 0 Å². The second kappa shape index (κ2) is 15.7. The molecule has 0 bridgehead atoms. The minimum absolute atomic E-state index is 1.71. The summed E-state index contributed by atoms with van der Waals surface area (Å²) in [5, 5.41) is 0. The Bertz CT molecular complexity index is 217. The van der Waals surface area contributed by atoms with Gasteiger partial charge in [-0.3, -0.25) is 0 Å². The molecule has 0 nitrogen and oxygen atoms in total. The molecule has 0 radical (unpaired) electrons. The maximum atomic E-state index is 4.72. The zero-order valence-corrected chi connectivity index (χ0v) is 6.15. The summed E-state index contributed by atoms with van der Waals surface area (Å²) in [6, 6.07) is 0.